The minimum atomic E-state index is -5.59. The molecule has 0 N–H and O–H groups in total. The Hall–Kier alpha value is -3.74. The summed E-state index contributed by atoms with van der Waals surface area (Å²) < 4.78 is 249. The molecule has 0 aliphatic carbocycles. The van der Waals surface area contributed by atoms with Gasteiger partial charge in [-0.3, -0.25) is 0 Å². The lowest BCUT2D eigenvalue weighted by Gasteiger charge is -2.58. The standard InChI is InChI=1S/C28H12BF16Si2/c1-46(2)25-5(9(30)13(34)17(38)21(25)42)29(6-10(31)14(35)18(39)22(43)26(6)46)7-11(32)15(36)19(40)23(44)27(7)47(3,4)28-8(29)12(33)16(37)20(41)24(28)45/h1-4H3/q-1. The topological polar surface area (TPSA) is 0 Å². The Morgan fingerprint density at radius 3 is 0.574 bits per heavy atom. The molecule has 0 aromatic heterocycles. The van der Waals surface area contributed by atoms with Gasteiger partial charge in [-0.05, 0) is 20.7 Å². The lowest BCUT2D eigenvalue weighted by atomic mass is 9.12. The highest BCUT2D eigenvalue weighted by Crippen LogP contribution is 2.32. The van der Waals surface area contributed by atoms with Gasteiger partial charge >= 0.3 is 0 Å². The van der Waals surface area contributed by atoms with Crippen LogP contribution in [0.15, 0.2) is 0 Å². The fraction of sp³-hybridized carbons (Fsp3) is 0.143. The Morgan fingerprint density at radius 2 is 0.404 bits per heavy atom. The Balaban J connectivity index is 2.18. The van der Waals surface area contributed by atoms with Gasteiger partial charge in [0.2, 0.25) is 0 Å². The molecule has 248 valence electrons. The molecular weight excluding hydrogens is 707 g/mol. The van der Waals surface area contributed by atoms with Gasteiger partial charge in [-0.2, -0.15) is 21.9 Å². The Morgan fingerprint density at radius 1 is 0.255 bits per heavy atom. The van der Waals surface area contributed by atoms with E-state index in [2.05, 4.69) is 0 Å². The molecular formula is C28H12BF16Si2-. The summed E-state index contributed by atoms with van der Waals surface area (Å²) in [6.07, 6.45) is -5.59. The van der Waals surface area contributed by atoms with Gasteiger partial charge < -0.3 is 0 Å². The van der Waals surface area contributed by atoms with E-state index < -0.39 is 158 Å². The number of rotatable bonds is 0. The number of hydrogen-bond donors (Lipinski definition) is 0. The van der Waals surface area contributed by atoms with Crippen LogP contribution in [-0.4, -0.2) is 22.3 Å². The van der Waals surface area contributed by atoms with Crippen LogP contribution in [0.1, 0.15) is 0 Å². The van der Waals surface area contributed by atoms with E-state index >= 15 is 52.7 Å². The van der Waals surface area contributed by atoms with Crippen LogP contribution in [-0.2, 0) is 0 Å². The van der Waals surface area contributed by atoms with Gasteiger partial charge in [0.15, 0.2) is 69.8 Å². The molecule has 0 amide bonds. The highest BCUT2D eigenvalue weighted by molar-refractivity contribution is 7.32. The van der Waals surface area contributed by atoms with Crippen molar-refractivity contribution in [3.8, 4) is 0 Å². The Labute approximate surface area is 254 Å². The first kappa shape index (κ1) is 33.2. The summed E-state index contributed by atoms with van der Waals surface area (Å²) in [5.41, 5.74) is -8.13. The molecule has 0 nitrogen and oxygen atoms in total. The minimum absolute atomic E-state index is 0.695. The lowest BCUT2D eigenvalue weighted by Crippen LogP contribution is -2.97. The molecule has 0 saturated heterocycles. The first-order valence-corrected chi connectivity index (χ1v) is 19.2. The molecule has 0 atom stereocenters. The summed E-state index contributed by atoms with van der Waals surface area (Å²) in [5, 5.41) is -6.51. The molecule has 19 heteroatoms. The van der Waals surface area contributed by atoms with Crippen molar-refractivity contribution in [2.45, 2.75) is 26.2 Å². The van der Waals surface area contributed by atoms with E-state index in [0.717, 1.165) is 0 Å². The maximum Gasteiger partial charge on any atom is 0.197 e. The predicted octanol–water partition coefficient (Wildman–Crippen LogP) is 3.56. The molecule has 4 aromatic rings. The molecule has 6 rings (SSSR count). The molecule has 0 saturated carbocycles. The zero-order valence-electron chi connectivity index (χ0n) is 23.6. The van der Waals surface area contributed by atoms with Gasteiger partial charge in [0.05, 0.1) is 0 Å². The molecule has 0 radical (unpaired) electrons. The number of hydrogen-bond acceptors (Lipinski definition) is 0. The van der Waals surface area contributed by atoms with Crippen molar-refractivity contribution >= 4 is 64.9 Å². The smallest absolute Gasteiger partial charge is 0.197 e. The van der Waals surface area contributed by atoms with E-state index in [1.165, 1.54) is 0 Å². The van der Waals surface area contributed by atoms with E-state index in [1.807, 2.05) is 0 Å². The quantitative estimate of drug-likeness (QED) is 0.113. The molecule has 2 aliphatic heterocycles. The van der Waals surface area contributed by atoms with Crippen molar-refractivity contribution in [3.05, 3.63) is 93.1 Å². The third-order valence-corrected chi connectivity index (χ3v) is 16.4. The largest absolute Gasteiger partial charge is 0.207 e. The average Bonchev–Trinajstić information content (AvgIpc) is 3.00. The first-order valence-electron chi connectivity index (χ1n) is 13.2. The van der Waals surface area contributed by atoms with Crippen LogP contribution in [0, 0.1) is 93.1 Å². The van der Waals surface area contributed by atoms with E-state index in [9.17, 15) is 17.6 Å². The van der Waals surface area contributed by atoms with Crippen LogP contribution in [0.4, 0.5) is 70.2 Å². The maximum atomic E-state index is 16.3. The fourth-order valence-corrected chi connectivity index (χ4v) is 14.9. The molecule has 0 unspecified atom stereocenters. The summed E-state index contributed by atoms with van der Waals surface area (Å²) in [4.78, 5) is 0. The second-order valence-corrected chi connectivity index (χ2v) is 20.8. The lowest BCUT2D eigenvalue weighted by molar-refractivity contribution is 0.410. The van der Waals surface area contributed by atoms with Crippen LogP contribution < -0.4 is 42.6 Å². The van der Waals surface area contributed by atoms with Crippen molar-refractivity contribution in [2.24, 2.45) is 0 Å². The number of benzene rings is 4. The Kier molecular flexibility index (Phi) is 6.82. The molecule has 4 aromatic carbocycles. The molecule has 0 fully saturated rings. The summed E-state index contributed by atoms with van der Waals surface area (Å²) in [5.74, 6) is -43.2. The predicted molar refractivity (Wildman–Crippen MR) is 143 cm³/mol. The highest BCUT2D eigenvalue weighted by Gasteiger charge is 2.60. The first-order chi connectivity index (χ1) is 21.5. The van der Waals surface area contributed by atoms with Gasteiger partial charge in [-0.1, -0.05) is 26.2 Å². The van der Waals surface area contributed by atoms with Gasteiger partial charge in [-0.15, -0.1) is 0 Å². The molecule has 47 heavy (non-hydrogen) atoms. The van der Waals surface area contributed by atoms with Crippen LogP contribution in [0.3, 0.4) is 0 Å². The summed E-state index contributed by atoms with van der Waals surface area (Å²) in [6.45, 7) is 2.78. The molecule has 2 aliphatic rings. The van der Waals surface area contributed by atoms with Crippen molar-refractivity contribution in [1.82, 2.24) is 0 Å². The second kappa shape index (κ2) is 9.67. The third kappa shape index (κ3) is 3.48. The van der Waals surface area contributed by atoms with E-state index in [1.54, 1.807) is 0 Å². The second-order valence-electron chi connectivity index (χ2n) is 12.3. The van der Waals surface area contributed by atoms with Crippen LogP contribution in [0.25, 0.3) is 0 Å². The monoisotopic (exact) mass is 719 g/mol. The van der Waals surface area contributed by atoms with Gasteiger partial charge in [-0.25, -0.2) is 70.2 Å². The number of halogens is 16. The highest BCUT2D eigenvalue weighted by atomic mass is 28.3. The summed E-state index contributed by atoms with van der Waals surface area (Å²) >= 11 is 0. The normalized spacial score (nSPS) is 16.6. The molecule has 2 heterocycles. The zero-order valence-corrected chi connectivity index (χ0v) is 25.6. The average molecular weight is 719 g/mol. The minimum Gasteiger partial charge on any atom is -0.207 e. The third-order valence-electron chi connectivity index (χ3n) is 9.45. The van der Waals surface area contributed by atoms with Crippen LogP contribution >= 0.6 is 0 Å². The zero-order chi connectivity index (χ0) is 35.4. The van der Waals surface area contributed by atoms with Crippen molar-refractivity contribution < 1.29 is 70.2 Å². The van der Waals surface area contributed by atoms with Crippen LogP contribution in [0.5, 0.6) is 0 Å². The van der Waals surface area contributed by atoms with Crippen molar-refractivity contribution in [1.29, 1.82) is 0 Å². The van der Waals surface area contributed by atoms with Gasteiger partial charge in [0.1, 0.15) is 45.6 Å². The van der Waals surface area contributed by atoms with Gasteiger partial charge in [0.25, 0.3) is 0 Å². The van der Waals surface area contributed by atoms with E-state index in [4.69, 9.17) is 0 Å². The molecule has 1 spiro atoms. The van der Waals surface area contributed by atoms with Crippen molar-refractivity contribution in [2.75, 3.05) is 0 Å². The fourth-order valence-electron chi connectivity index (χ4n) is 7.78. The summed E-state index contributed by atoms with van der Waals surface area (Å²) in [7, 11) is -9.95. The van der Waals surface area contributed by atoms with E-state index in [-0.39, 0.29) is 0 Å². The van der Waals surface area contributed by atoms with Crippen LogP contribution in [0.2, 0.25) is 26.2 Å². The van der Waals surface area contributed by atoms with Gasteiger partial charge in [0, 0.05) is 0 Å². The molecule has 0 bridgehead atoms. The van der Waals surface area contributed by atoms with E-state index in [0.29, 0.717) is 26.2 Å². The summed E-state index contributed by atoms with van der Waals surface area (Å²) in [6, 6.07) is 0. The van der Waals surface area contributed by atoms with Crippen molar-refractivity contribution in [3.63, 3.8) is 0 Å². The maximum absolute atomic E-state index is 16.3. The number of fused-ring (bicyclic) bond motifs is 8. The Bertz CT molecular complexity index is 1880. The SMILES string of the molecule is C[Si]1(C)c2c(F)c(F)c(F)c(F)c2[B-]2(c3c(F)c(F)c(F)c(F)c31)c1c(F)c(F)c(F)c(F)c1[Si](C)(C)c1c(F)c(F)c(F)c(F)c12.